The summed E-state index contributed by atoms with van der Waals surface area (Å²) in [7, 11) is 0. The molecule has 2 N–H and O–H groups in total. The van der Waals surface area contributed by atoms with Gasteiger partial charge in [-0.3, -0.25) is 9.69 Å². The van der Waals surface area contributed by atoms with E-state index < -0.39 is 23.7 Å². The van der Waals surface area contributed by atoms with Gasteiger partial charge in [-0.25, -0.2) is 4.79 Å². The third kappa shape index (κ3) is 5.20. The lowest BCUT2D eigenvalue weighted by Gasteiger charge is -2.38. The van der Waals surface area contributed by atoms with Gasteiger partial charge in [-0.05, 0) is 29.8 Å². The van der Waals surface area contributed by atoms with Crippen molar-refractivity contribution in [2.75, 3.05) is 19.6 Å². The highest BCUT2D eigenvalue weighted by Crippen LogP contribution is 2.32. The first-order chi connectivity index (χ1) is 13.5. The van der Waals surface area contributed by atoms with E-state index in [-0.39, 0.29) is 21.3 Å². The van der Waals surface area contributed by atoms with Crippen LogP contribution in [0.15, 0.2) is 30.5 Å². The van der Waals surface area contributed by atoms with Crippen LogP contribution in [0.1, 0.15) is 21.6 Å². The van der Waals surface area contributed by atoms with Crippen LogP contribution in [0.5, 0.6) is 0 Å². The van der Waals surface area contributed by atoms with Crippen LogP contribution >= 0.6 is 34.2 Å². The van der Waals surface area contributed by atoms with E-state index in [2.05, 4.69) is 27.7 Å². The van der Waals surface area contributed by atoms with Crippen LogP contribution in [0.4, 0.5) is 18.0 Å². The average molecular weight is 542 g/mol. The molecule has 1 saturated heterocycles. The van der Waals surface area contributed by atoms with Gasteiger partial charge in [0.1, 0.15) is 0 Å². The van der Waals surface area contributed by atoms with Crippen LogP contribution in [-0.2, 0) is 12.7 Å². The zero-order valence-electron chi connectivity index (χ0n) is 14.9. The Hall–Kier alpha value is -1.86. The highest BCUT2D eigenvalue weighted by molar-refractivity contribution is 14.1. The van der Waals surface area contributed by atoms with E-state index >= 15 is 0 Å². The minimum atomic E-state index is -4.47. The van der Waals surface area contributed by atoms with Crippen molar-refractivity contribution in [3.63, 3.8) is 0 Å². The number of piperazine rings is 1. The van der Waals surface area contributed by atoms with Gasteiger partial charge in [0.15, 0.2) is 5.69 Å². The molecular formula is C17H16ClF3IN5O2. The SMILES string of the molecule is NC(=O)c1ccn(C(=O)N2CCN(Cc3cc(Cl)cc(C(F)(F)F)c3)CC2I)n1. The second-order valence-electron chi connectivity index (χ2n) is 6.50. The highest BCUT2D eigenvalue weighted by Gasteiger charge is 2.33. The first-order valence-corrected chi connectivity index (χ1v) is 10.1. The molecular weight excluding hydrogens is 526 g/mol. The first kappa shape index (κ1) is 21.8. The van der Waals surface area contributed by atoms with Crippen LogP contribution in [0, 0.1) is 0 Å². The molecule has 1 unspecified atom stereocenters. The lowest BCUT2D eigenvalue weighted by molar-refractivity contribution is -0.137. The predicted octanol–water partition coefficient (Wildman–Crippen LogP) is 3.20. The summed E-state index contributed by atoms with van der Waals surface area (Å²) >= 11 is 7.93. The van der Waals surface area contributed by atoms with Crippen molar-refractivity contribution < 1.29 is 22.8 Å². The number of nitrogens with zero attached hydrogens (tertiary/aromatic N) is 4. The Kier molecular flexibility index (Phi) is 6.39. The Bertz CT molecular complexity index is 936. The molecule has 2 amide bonds. The monoisotopic (exact) mass is 541 g/mol. The smallest absolute Gasteiger partial charge is 0.364 e. The summed E-state index contributed by atoms with van der Waals surface area (Å²) in [4.78, 5) is 27.3. The van der Waals surface area contributed by atoms with Gasteiger partial charge < -0.3 is 10.6 Å². The number of halogens is 5. The fraction of sp³-hybridized carbons (Fsp3) is 0.353. The molecule has 1 aliphatic rings. The Morgan fingerprint density at radius 2 is 2.00 bits per heavy atom. The maximum Gasteiger partial charge on any atom is 0.416 e. The van der Waals surface area contributed by atoms with Crippen molar-refractivity contribution in [3.8, 4) is 0 Å². The molecule has 2 heterocycles. The van der Waals surface area contributed by atoms with E-state index in [0.29, 0.717) is 25.2 Å². The molecule has 1 aliphatic heterocycles. The van der Waals surface area contributed by atoms with E-state index in [1.54, 1.807) is 4.90 Å². The van der Waals surface area contributed by atoms with Gasteiger partial charge in [0.05, 0.1) is 9.61 Å². The normalized spacial score (nSPS) is 18.1. The molecule has 3 rings (SSSR count). The van der Waals surface area contributed by atoms with Gasteiger partial charge in [-0.15, -0.1) is 0 Å². The Labute approximate surface area is 182 Å². The van der Waals surface area contributed by atoms with Crippen molar-refractivity contribution in [3.05, 3.63) is 52.3 Å². The van der Waals surface area contributed by atoms with Crippen molar-refractivity contribution in [2.24, 2.45) is 5.73 Å². The van der Waals surface area contributed by atoms with Gasteiger partial charge in [0, 0.05) is 37.4 Å². The summed E-state index contributed by atoms with van der Waals surface area (Å²) < 4.78 is 39.8. The number of aromatic nitrogens is 2. The second kappa shape index (κ2) is 8.48. The fourth-order valence-electron chi connectivity index (χ4n) is 3.01. The fourth-order valence-corrected chi connectivity index (χ4v) is 4.34. The summed E-state index contributed by atoms with van der Waals surface area (Å²) in [6.07, 6.45) is -3.10. The number of primary amides is 1. The zero-order chi connectivity index (χ0) is 21.3. The van der Waals surface area contributed by atoms with Gasteiger partial charge in [0.25, 0.3) is 5.91 Å². The number of carbonyl (C=O) groups excluding carboxylic acids is 2. The van der Waals surface area contributed by atoms with Crippen LogP contribution in [0.3, 0.4) is 0 Å². The zero-order valence-corrected chi connectivity index (χ0v) is 17.8. The summed E-state index contributed by atoms with van der Waals surface area (Å²) in [5, 5.41) is 3.89. The summed E-state index contributed by atoms with van der Waals surface area (Å²) in [5.41, 5.74) is 4.80. The minimum absolute atomic E-state index is 0.0107. The van der Waals surface area contributed by atoms with E-state index in [1.807, 2.05) is 4.90 Å². The first-order valence-electron chi connectivity index (χ1n) is 8.44. The number of hydrogen-bond donors (Lipinski definition) is 1. The van der Waals surface area contributed by atoms with E-state index in [9.17, 15) is 22.8 Å². The minimum Gasteiger partial charge on any atom is -0.364 e. The Morgan fingerprint density at radius 3 is 2.59 bits per heavy atom. The van der Waals surface area contributed by atoms with Crippen molar-refractivity contribution in [2.45, 2.75) is 16.8 Å². The third-order valence-corrected chi connectivity index (χ3v) is 5.66. The Balaban J connectivity index is 1.66. The molecule has 0 aliphatic carbocycles. The highest BCUT2D eigenvalue weighted by atomic mass is 127. The molecule has 0 bridgehead atoms. The van der Waals surface area contributed by atoms with Gasteiger partial charge in [-0.2, -0.15) is 23.0 Å². The standard InChI is InChI=1S/C17H16ClF3IN5O2/c18-12-6-10(5-11(7-12)17(19,20)21)8-25-3-4-26(14(22)9-25)16(29)27-2-1-13(24-27)15(23)28/h1-2,5-7,14H,3-4,8-9H2,(H2,23,28). The largest absolute Gasteiger partial charge is 0.416 e. The van der Waals surface area contributed by atoms with Gasteiger partial charge in [-0.1, -0.05) is 34.2 Å². The number of amides is 2. The number of carbonyl (C=O) groups is 2. The summed E-state index contributed by atoms with van der Waals surface area (Å²) in [5.74, 6) is -0.729. The molecule has 1 aromatic heterocycles. The number of hydrogen-bond acceptors (Lipinski definition) is 4. The van der Waals surface area contributed by atoms with Crippen molar-refractivity contribution in [1.82, 2.24) is 19.6 Å². The van der Waals surface area contributed by atoms with Crippen molar-refractivity contribution >= 4 is 46.1 Å². The molecule has 156 valence electrons. The number of benzene rings is 1. The molecule has 2 aromatic rings. The Morgan fingerprint density at radius 1 is 1.28 bits per heavy atom. The maximum absolute atomic E-state index is 13.0. The summed E-state index contributed by atoms with van der Waals surface area (Å²) in [6, 6.07) is 4.44. The maximum atomic E-state index is 13.0. The van der Waals surface area contributed by atoms with E-state index in [4.69, 9.17) is 17.3 Å². The molecule has 0 spiro atoms. The summed E-state index contributed by atoms with van der Waals surface area (Å²) in [6.45, 7) is 1.54. The molecule has 1 fully saturated rings. The molecule has 7 nitrogen and oxygen atoms in total. The molecule has 0 saturated carbocycles. The molecule has 29 heavy (non-hydrogen) atoms. The second-order valence-corrected chi connectivity index (χ2v) is 8.38. The molecule has 0 radical (unpaired) electrons. The lowest BCUT2D eigenvalue weighted by Crippen LogP contribution is -2.53. The van der Waals surface area contributed by atoms with E-state index in [0.717, 1.165) is 16.8 Å². The van der Waals surface area contributed by atoms with Crippen molar-refractivity contribution in [1.29, 1.82) is 0 Å². The van der Waals surface area contributed by atoms with Crippen LogP contribution in [-0.4, -0.2) is 55.2 Å². The van der Waals surface area contributed by atoms with Crippen LogP contribution in [0.25, 0.3) is 0 Å². The number of nitrogens with two attached hydrogens (primary N) is 1. The van der Waals surface area contributed by atoms with E-state index in [1.165, 1.54) is 18.3 Å². The molecule has 12 heteroatoms. The van der Waals surface area contributed by atoms with Gasteiger partial charge in [0.2, 0.25) is 0 Å². The number of rotatable bonds is 3. The topological polar surface area (TPSA) is 84.5 Å². The lowest BCUT2D eigenvalue weighted by atomic mass is 10.1. The van der Waals surface area contributed by atoms with Crippen LogP contribution < -0.4 is 5.73 Å². The number of alkyl halides is 4. The van der Waals surface area contributed by atoms with Gasteiger partial charge >= 0.3 is 12.2 Å². The molecule has 1 aromatic carbocycles. The third-order valence-electron chi connectivity index (χ3n) is 4.38. The quantitative estimate of drug-likeness (QED) is 0.368. The van der Waals surface area contributed by atoms with Crippen LogP contribution in [0.2, 0.25) is 5.02 Å². The predicted molar refractivity (Wildman–Crippen MR) is 108 cm³/mol. The average Bonchev–Trinajstić information content (AvgIpc) is 3.10. The molecule has 1 atom stereocenters.